The third-order valence-electron chi connectivity index (χ3n) is 3.21. The van der Waals surface area contributed by atoms with Crippen molar-refractivity contribution in [2.24, 2.45) is 8.80 Å². The van der Waals surface area contributed by atoms with Gasteiger partial charge in [-0.25, -0.2) is 0 Å². The molecule has 0 amide bonds. The van der Waals surface area contributed by atoms with E-state index in [1.165, 1.54) is 0 Å². The van der Waals surface area contributed by atoms with Crippen molar-refractivity contribution in [2.45, 2.75) is 12.3 Å². The maximum atomic E-state index is 11.5. The number of nitrogens with zero attached hydrogens (tertiary/aromatic N) is 3. The number of thioether (sulfide) groups is 1. The van der Waals surface area contributed by atoms with E-state index in [-0.39, 0.29) is 11.7 Å². The summed E-state index contributed by atoms with van der Waals surface area (Å²) in [6, 6.07) is 3.97. The Labute approximate surface area is 158 Å². The number of ether oxygens (including phenoxy) is 1. The van der Waals surface area contributed by atoms with Crippen LogP contribution in [-0.4, -0.2) is 71.6 Å². The number of nitrogens with one attached hydrogen (secondary N) is 2. The Kier molecular flexibility index (Phi) is 7.94. The molecule has 1 aliphatic heterocycles. The van der Waals surface area contributed by atoms with E-state index in [4.69, 9.17) is 9.15 Å². The van der Waals surface area contributed by atoms with Gasteiger partial charge in [0.15, 0.2) is 11.7 Å². The Morgan fingerprint density at radius 2 is 1.81 bits per heavy atom. The molecule has 1 aliphatic rings. The molecule has 0 aliphatic carbocycles. The van der Waals surface area contributed by atoms with Crippen molar-refractivity contribution in [1.29, 1.82) is 0 Å². The highest BCUT2D eigenvalue weighted by Crippen LogP contribution is 2.16. The van der Waals surface area contributed by atoms with E-state index < -0.39 is 10.2 Å². The highest BCUT2D eigenvalue weighted by molar-refractivity contribution is 7.98. The van der Waals surface area contributed by atoms with Gasteiger partial charge in [-0.1, -0.05) is 0 Å². The highest BCUT2D eigenvalue weighted by atomic mass is 32.2. The molecule has 0 aromatic carbocycles. The molecule has 1 aromatic heterocycles. The zero-order valence-corrected chi connectivity index (χ0v) is 16.8. The lowest BCUT2D eigenvalue weighted by molar-refractivity contribution is 0.204. The largest absolute Gasteiger partial charge is 0.464 e. The van der Waals surface area contributed by atoms with Gasteiger partial charge in [-0.3, -0.25) is 0 Å². The molecule has 2 N–H and O–H groups in total. The van der Waals surface area contributed by atoms with Gasteiger partial charge in [-0.05, 0) is 26.2 Å². The second kappa shape index (κ2) is 9.95. The van der Waals surface area contributed by atoms with E-state index in [1.807, 2.05) is 26.2 Å². The zero-order chi connectivity index (χ0) is 19.0. The number of hydrogen-bond donors (Lipinski definition) is 2. The SMILES string of the molecule is COCCNC1=NS(=O)(=O)N=C1NCCSCc1ccc(CN(C)C)o1. The minimum absolute atomic E-state index is 0.228. The first kappa shape index (κ1) is 20.7. The fraction of sp³-hybridized carbons (Fsp3) is 0.600. The summed E-state index contributed by atoms with van der Waals surface area (Å²) in [7, 11) is 1.77. The van der Waals surface area contributed by atoms with Crippen LogP contribution in [0.2, 0.25) is 0 Å². The van der Waals surface area contributed by atoms with Crippen molar-refractivity contribution >= 4 is 33.6 Å². The van der Waals surface area contributed by atoms with Gasteiger partial charge in [-0.15, -0.1) is 8.80 Å². The number of amidine groups is 2. The Morgan fingerprint density at radius 1 is 1.15 bits per heavy atom. The van der Waals surface area contributed by atoms with Crippen LogP contribution < -0.4 is 10.6 Å². The van der Waals surface area contributed by atoms with Gasteiger partial charge in [0.05, 0.1) is 18.9 Å². The van der Waals surface area contributed by atoms with E-state index in [2.05, 4.69) is 24.3 Å². The first-order valence-electron chi connectivity index (χ1n) is 8.11. The summed E-state index contributed by atoms with van der Waals surface area (Å²) in [6.45, 7) is 2.24. The molecular formula is C15H25N5O4S2. The van der Waals surface area contributed by atoms with Crippen LogP contribution in [0.3, 0.4) is 0 Å². The highest BCUT2D eigenvalue weighted by Gasteiger charge is 2.23. The van der Waals surface area contributed by atoms with Gasteiger partial charge in [0.25, 0.3) is 0 Å². The van der Waals surface area contributed by atoms with E-state index in [0.29, 0.717) is 19.7 Å². The van der Waals surface area contributed by atoms with Crippen molar-refractivity contribution in [3.05, 3.63) is 23.7 Å². The van der Waals surface area contributed by atoms with Crippen LogP contribution in [0.25, 0.3) is 0 Å². The first-order valence-corrected chi connectivity index (χ1v) is 10.7. The minimum atomic E-state index is -3.79. The lowest BCUT2D eigenvalue weighted by Crippen LogP contribution is -2.40. The molecule has 2 rings (SSSR count). The molecule has 2 heterocycles. The molecule has 0 saturated carbocycles. The fourth-order valence-corrected chi connectivity index (χ4v) is 3.70. The molecule has 0 radical (unpaired) electrons. The van der Waals surface area contributed by atoms with E-state index in [9.17, 15) is 8.42 Å². The van der Waals surface area contributed by atoms with Gasteiger partial charge in [0, 0.05) is 26.0 Å². The first-order chi connectivity index (χ1) is 12.4. The summed E-state index contributed by atoms with van der Waals surface area (Å²) in [5, 5.41) is 5.91. The summed E-state index contributed by atoms with van der Waals surface area (Å²) in [4.78, 5) is 2.05. The number of rotatable bonds is 10. The molecule has 0 spiro atoms. The normalized spacial score (nSPS) is 15.8. The summed E-state index contributed by atoms with van der Waals surface area (Å²) < 4.78 is 40.9. The maximum Gasteiger partial charge on any atom is 0.367 e. The smallest absolute Gasteiger partial charge is 0.367 e. The molecule has 11 heteroatoms. The Bertz CT molecular complexity index is 743. The van der Waals surface area contributed by atoms with Gasteiger partial charge < -0.3 is 24.7 Å². The van der Waals surface area contributed by atoms with E-state index in [1.54, 1.807) is 18.9 Å². The zero-order valence-electron chi connectivity index (χ0n) is 15.2. The van der Waals surface area contributed by atoms with Crippen LogP contribution in [0.15, 0.2) is 25.3 Å². The molecule has 26 heavy (non-hydrogen) atoms. The topological polar surface area (TPSA) is 109 Å². The van der Waals surface area contributed by atoms with Crippen LogP contribution in [0.1, 0.15) is 11.5 Å². The average molecular weight is 404 g/mol. The lowest BCUT2D eigenvalue weighted by atomic mass is 10.4. The molecule has 0 atom stereocenters. The van der Waals surface area contributed by atoms with E-state index in [0.717, 1.165) is 29.6 Å². The summed E-state index contributed by atoms with van der Waals surface area (Å²) in [5.41, 5.74) is 0. The predicted octanol–water partition coefficient (Wildman–Crippen LogP) is 0.455. The predicted molar refractivity (Wildman–Crippen MR) is 104 cm³/mol. The summed E-state index contributed by atoms with van der Waals surface area (Å²) in [6.07, 6.45) is 0. The van der Waals surface area contributed by atoms with Crippen molar-refractivity contribution in [2.75, 3.05) is 46.7 Å². The van der Waals surface area contributed by atoms with Crippen LogP contribution in [-0.2, 0) is 27.2 Å². The minimum Gasteiger partial charge on any atom is -0.464 e. The Morgan fingerprint density at radius 3 is 2.46 bits per heavy atom. The number of methoxy groups -OCH3 is 1. The van der Waals surface area contributed by atoms with E-state index >= 15 is 0 Å². The van der Waals surface area contributed by atoms with Gasteiger partial charge in [0.1, 0.15) is 11.5 Å². The number of furan rings is 1. The van der Waals surface area contributed by atoms with Gasteiger partial charge in [0.2, 0.25) is 0 Å². The average Bonchev–Trinajstić information content (AvgIpc) is 3.10. The van der Waals surface area contributed by atoms with Crippen molar-refractivity contribution in [1.82, 2.24) is 15.5 Å². The molecular weight excluding hydrogens is 378 g/mol. The lowest BCUT2D eigenvalue weighted by Gasteiger charge is -2.09. The van der Waals surface area contributed by atoms with Crippen molar-refractivity contribution in [3.63, 3.8) is 0 Å². The second-order valence-electron chi connectivity index (χ2n) is 5.83. The standard InChI is InChI=1S/C15H25N5O4S2/c1-20(2)10-12-4-5-13(24-12)11-25-9-7-17-15-14(16-6-8-23-3)18-26(21,22)19-15/h4-5H,6-11H2,1-3H3,(H,16,18)(H,17,19). The molecule has 0 unspecified atom stereocenters. The van der Waals surface area contributed by atoms with Crippen LogP contribution >= 0.6 is 11.8 Å². The van der Waals surface area contributed by atoms with Gasteiger partial charge in [-0.2, -0.15) is 20.2 Å². The summed E-state index contributed by atoms with van der Waals surface area (Å²) >= 11 is 1.69. The van der Waals surface area contributed by atoms with Gasteiger partial charge >= 0.3 is 10.2 Å². The fourth-order valence-electron chi connectivity index (χ4n) is 2.15. The third-order valence-corrected chi connectivity index (χ3v) is 5.02. The van der Waals surface area contributed by atoms with Crippen molar-refractivity contribution < 1.29 is 17.6 Å². The summed E-state index contributed by atoms with van der Waals surface area (Å²) in [5.74, 6) is 3.87. The molecule has 0 saturated heterocycles. The molecule has 1 aromatic rings. The van der Waals surface area contributed by atoms with Crippen molar-refractivity contribution in [3.8, 4) is 0 Å². The monoisotopic (exact) mass is 403 g/mol. The molecule has 146 valence electrons. The quantitative estimate of drug-likeness (QED) is 0.542. The van der Waals surface area contributed by atoms with Crippen LogP contribution in [0.4, 0.5) is 0 Å². The molecule has 9 nitrogen and oxygen atoms in total. The maximum absolute atomic E-state index is 11.5. The van der Waals surface area contributed by atoms with Crippen LogP contribution in [0, 0.1) is 0 Å². The second-order valence-corrected chi connectivity index (χ2v) is 8.20. The Balaban J connectivity index is 1.71. The molecule has 0 fully saturated rings. The molecule has 0 bridgehead atoms. The van der Waals surface area contributed by atoms with Crippen LogP contribution in [0.5, 0.6) is 0 Å². The number of hydrogen-bond acceptors (Lipinski definition) is 8. The third kappa shape index (κ3) is 6.98. The Hall–Kier alpha value is -1.56.